The van der Waals surface area contributed by atoms with E-state index < -0.39 is 0 Å². The van der Waals surface area contributed by atoms with Crippen molar-refractivity contribution >= 4 is 33.4 Å². The van der Waals surface area contributed by atoms with Gasteiger partial charge in [0.15, 0.2) is 6.61 Å². The molecule has 0 spiro atoms. The average molecular weight is 377 g/mol. The van der Waals surface area contributed by atoms with Crippen molar-refractivity contribution in [3.63, 3.8) is 0 Å². The van der Waals surface area contributed by atoms with Crippen molar-refractivity contribution < 1.29 is 14.3 Å². The lowest BCUT2D eigenvalue weighted by atomic mass is 10.2. The number of likely N-dealkylation sites (N-methyl/N-ethyl adjacent to an activating group) is 1. The normalized spacial score (nSPS) is 10.0. The maximum Gasteiger partial charge on any atom is 0.257 e. The van der Waals surface area contributed by atoms with E-state index >= 15 is 0 Å². The number of amides is 2. The highest BCUT2D eigenvalue weighted by Crippen LogP contribution is 2.19. The number of halogens is 1. The van der Waals surface area contributed by atoms with Crippen LogP contribution in [0.4, 0.5) is 5.69 Å². The molecule has 120 valence electrons. The van der Waals surface area contributed by atoms with Gasteiger partial charge in [0.1, 0.15) is 5.75 Å². The molecule has 0 heterocycles. The van der Waals surface area contributed by atoms with Gasteiger partial charge in [-0.25, -0.2) is 0 Å². The van der Waals surface area contributed by atoms with Crippen LogP contribution in [-0.2, 0) is 4.79 Å². The molecule has 2 N–H and O–H groups in total. The van der Waals surface area contributed by atoms with E-state index in [-0.39, 0.29) is 18.4 Å². The molecule has 0 aliphatic carbocycles. The second-order valence-corrected chi connectivity index (χ2v) is 5.55. The zero-order chi connectivity index (χ0) is 16.7. The van der Waals surface area contributed by atoms with Crippen molar-refractivity contribution in [3.05, 3.63) is 58.6 Å². The van der Waals surface area contributed by atoms with E-state index in [2.05, 4.69) is 26.6 Å². The van der Waals surface area contributed by atoms with Crippen LogP contribution in [0, 0.1) is 0 Å². The van der Waals surface area contributed by atoms with Gasteiger partial charge in [-0.05, 0) is 59.3 Å². The Bertz CT molecular complexity index is 686. The van der Waals surface area contributed by atoms with Crippen LogP contribution >= 0.6 is 15.9 Å². The third kappa shape index (κ3) is 5.10. The minimum atomic E-state index is -0.200. The zero-order valence-electron chi connectivity index (χ0n) is 12.6. The maximum atomic E-state index is 12.2. The zero-order valence-corrected chi connectivity index (χ0v) is 14.2. The minimum Gasteiger partial charge on any atom is -0.484 e. The van der Waals surface area contributed by atoms with Crippen molar-refractivity contribution in [2.75, 3.05) is 18.5 Å². The Balaban J connectivity index is 1.93. The molecule has 2 rings (SSSR count). The molecule has 0 atom stereocenters. The molecule has 6 heteroatoms. The first-order valence-corrected chi connectivity index (χ1v) is 7.95. The van der Waals surface area contributed by atoms with E-state index in [1.165, 1.54) is 0 Å². The largest absolute Gasteiger partial charge is 0.484 e. The minimum absolute atomic E-state index is 0.0312. The monoisotopic (exact) mass is 376 g/mol. The van der Waals surface area contributed by atoms with Gasteiger partial charge in [-0.2, -0.15) is 0 Å². The van der Waals surface area contributed by atoms with E-state index in [9.17, 15) is 9.59 Å². The van der Waals surface area contributed by atoms with Gasteiger partial charge in [-0.1, -0.05) is 12.1 Å². The molecule has 0 bridgehead atoms. The Morgan fingerprint density at radius 3 is 2.43 bits per heavy atom. The van der Waals surface area contributed by atoms with Crippen LogP contribution in [-0.4, -0.2) is 25.0 Å². The fraction of sp³-hybridized carbons (Fsp3) is 0.176. The molecule has 0 aliphatic rings. The van der Waals surface area contributed by atoms with Gasteiger partial charge in [0.05, 0.1) is 5.56 Å². The van der Waals surface area contributed by atoms with Gasteiger partial charge in [0.25, 0.3) is 11.8 Å². The van der Waals surface area contributed by atoms with Crippen LogP contribution in [0.3, 0.4) is 0 Å². The SMILES string of the molecule is CCNC(=O)COc1ccc(NC(=O)c2ccccc2Br)cc1. The van der Waals surface area contributed by atoms with Crippen LogP contribution < -0.4 is 15.4 Å². The summed E-state index contributed by atoms with van der Waals surface area (Å²) in [7, 11) is 0. The lowest BCUT2D eigenvalue weighted by Crippen LogP contribution is -2.28. The third-order valence-electron chi connectivity index (χ3n) is 2.97. The van der Waals surface area contributed by atoms with E-state index in [4.69, 9.17) is 4.74 Å². The van der Waals surface area contributed by atoms with Crippen molar-refractivity contribution in [1.82, 2.24) is 5.32 Å². The number of anilines is 1. The summed E-state index contributed by atoms with van der Waals surface area (Å²) in [4.78, 5) is 23.5. The van der Waals surface area contributed by atoms with Crippen LogP contribution in [0.25, 0.3) is 0 Å². The highest BCUT2D eigenvalue weighted by molar-refractivity contribution is 9.10. The molecule has 0 aromatic heterocycles. The molecule has 0 aliphatic heterocycles. The predicted molar refractivity (Wildman–Crippen MR) is 92.7 cm³/mol. The fourth-order valence-corrected chi connectivity index (χ4v) is 2.34. The quantitative estimate of drug-likeness (QED) is 0.813. The van der Waals surface area contributed by atoms with E-state index in [0.29, 0.717) is 23.5 Å². The van der Waals surface area contributed by atoms with E-state index in [0.717, 1.165) is 4.47 Å². The van der Waals surface area contributed by atoms with Crippen molar-refractivity contribution in [2.24, 2.45) is 0 Å². The standard InChI is InChI=1S/C17H17BrN2O3/c1-2-19-16(21)11-23-13-9-7-12(8-10-13)20-17(22)14-5-3-4-6-15(14)18/h3-10H,2,11H2,1H3,(H,19,21)(H,20,22). The Labute approximate surface area is 143 Å². The highest BCUT2D eigenvalue weighted by atomic mass is 79.9. The number of carbonyl (C=O) groups is 2. The fourth-order valence-electron chi connectivity index (χ4n) is 1.88. The second-order valence-electron chi connectivity index (χ2n) is 4.70. The number of rotatable bonds is 6. The smallest absolute Gasteiger partial charge is 0.257 e. The molecule has 2 aromatic rings. The number of ether oxygens (including phenoxy) is 1. The third-order valence-corrected chi connectivity index (χ3v) is 3.67. The summed E-state index contributed by atoms with van der Waals surface area (Å²) < 4.78 is 6.09. The highest BCUT2D eigenvalue weighted by Gasteiger charge is 2.09. The van der Waals surface area contributed by atoms with E-state index in [1.54, 1.807) is 36.4 Å². The Kier molecular flexibility index (Phi) is 6.17. The van der Waals surface area contributed by atoms with Crippen molar-refractivity contribution in [1.29, 1.82) is 0 Å². The Hall–Kier alpha value is -2.34. The van der Waals surface area contributed by atoms with Gasteiger partial charge >= 0.3 is 0 Å². The maximum absolute atomic E-state index is 12.2. The Morgan fingerprint density at radius 1 is 1.09 bits per heavy atom. The van der Waals surface area contributed by atoms with Crippen LogP contribution in [0.5, 0.6) is 5.75 Å². The number of nitrogens with one attached hydrogen (secondary N) is 2. The first kappa shape index (κ1) is 17.0. The van der Waals surface area contributed by atoms with Gasteiger partial charge in [0.2, 0.25) is 0 Å². The second kappa shape index (κ2) is 8.33. The van der Waals surface area contributed by atoms with Crippen LogP contribution in [0.15, 0.2) is 53.0 Å². The summed E-state index contributed by atoms with van der Waals surface area (Å²) in [5, 5.41) is 5.46. The number of hydrogen-bond acceptors (Lipinski definition) is 3. The van der Waals surface area contributed by atoms with Crippen LogP contribution in [0.1, 0.15) is 17.3 Å². The molecule has 0 saturated heterocycles. The molecule has 2 aromatic carbocycles. The van der Waals surface area contributed by atoms with E-state index in [1.807, 2.05) is 19.1 Å². The van der Waals surface area contributed by atoms with Crippen molar-refractivity contribution in [3.8, 4) is 5.75 Å². The predicted octanol–water partition coefficient (Wildman–Crippen LogP) is 3.22. The lowest BCUT2D eigenvalue weighted by Gasteiger charge is -2.09. The van der Waals surface area contributed by atoms with Crippen molar-refractivity contribution in [2.45, 2.75) is 6.92 Å². The van der Waals surface area contributed by atoms with Gasteiger partial charge in [0, 0.05) is 16.7 Å². The molecule has 23 heavy (non-hydrogen) atoms. The first-order valence-electron chi connectivity index (χ1n) is 7.15. The van der Waals surface area contributed by atoms with Gasteiger partial charge in [-0.3, -0.25) is 9.59 Å². The van der Waals surface area contributed by atoms with Gasteiger partial charge < -0.3 is 15.4 Å². The summed E-state index contributed by atoms with van der Waals surface area (Å²) in [6.07, 6.45) is 0. The molecule has 0 saturated carbocycles. The molecule has 0 radical (unpaired) electrons. The molecule has 0 unspecified atom stereocenters. The Morgan fingerprint density at radius 2 is 1.78 bits per heavy atom. The summed E-state index contributed by atoms with van der Waals surface area (Å²) in [5.41, 5.74) is 1.21. The summed E-state index contributed by atoms with van der Waals surface area (Å²) >= 11 is 3.35. The van der Waals surface area contributed by atoms with Gasteiger partial charge in [-0.15, -0.1) is 0 Å². The molecule has 5 nitrogen and oxygen atoms in total. The average Bonchev–Trinajstić information content (AvgIpc) is 2.55. The molecular formula is C17H17BrN2O3. The number of carbonyl (C=O) groups excluding carboxylic acids is 2. The molecular weight excluding hydrogens is 360 g/mol. The number of benzene rings is 2. The summed E-state index contributed by atoms with van der Waals surface area (Å²) in [6, 6.07) is 14.1. The molecule has 0 fully saturated rings. The topological polar surface area (TPSA) is 67.4 Å². The lowest BCUT2D eigenvalue weighted by molar-refractivity contribution is -0.122. The number of hydrogen-bond donors (Lipinski definition) is 2. The molecule has 2 amide bonds. The van der Waals surface area contributed by atoms with Crippen LogP contribution in [0.2, 0.25) is 0 Å². The summed E-state index contributed by atoms with van der Waals surface area (Å²) in [6.45, 7) is 2.39. The first-order chi connectivity index (χ1) is 11.1. The summed E-state index contributed by atoms with van der Waals surface area (Å²) in [5.74, 6) is 0.197.